The molecule has 0 saturated carbocycles. The Labute approximate surface area is 176 Å². The molecule has 5 nitrogen and oxygen atoms in total. The van der Waals surface area contributed by atoms with Gasteiger partial charge in [0.05, 0.1) is 24.6 Å². The minimum Gasteiger partial charge on any atom is -0.744 e. The Morgan fingerprint density at radius 2 is 1.59 bits per heavy atom. The van der Waals surface area contributed by atoms with Gasteiger partial charge in [0.1, 0.15) is 23.2 Å². The zero-order valence-corrected chi connectivity index (χ0v) is 19.0. The normalized spacial score (nSPS) is 11.6. The molecule has 27 heavy (non-hydrogen) atoms. The molecule has 0 amide bonds. The van der Waals surface area contributed by atoms with E-state index < -0.39 is 10.1 Å². The summed E-state index contributed by atoms with van der Waals surface area (Å²) in [4.78, 5) is -0.178. The molecule has 2 aromatic carbocycles. The Hall–Kier alpha value is -1.00. The Kier molecular flexibility index (Phi) is 9.89. The van der Waals surface area contributed by atoms with Crippen molar-refractivity contribution in [3.8, 4) is 0 Å². The number of halogens is 1. The highest BCUT2D eigenvalue weighted by atomic mass is 127. The first-order valence-electron chi connectivity index (χ1n) is 8.89. The number of quaternary nitrogens is 1. The molecule has 0 aliphatic heterocycles. The summed E-state index contributed by atoms with van der Waals surface area (Å²) in [7, 11) is -4.27. The second-order valence-electron chi connectivity index (χ2n) is 6.44. The molecule has 0 aliphatic rings. The van der Waals surface area contributed by atoms with Gasteiger partial charge in [-0.05, 0) is 61.6 Å². The first-order valence-corrected chi connectivity index (χ1v) is 11.4. The van der Waals surface area contributed by atoms with Crippen LogP contribution >= 0.6 is 22.6 Å². The van der Waals surface area contributed by atoms with E-state index in [4.69, 9.17) is 0 Å². The highest BCUT2D eigenvalue weighted by molar-refractivity contribution is 14.1. The molecule has 0 aromatic heterocycles. The van der Waals surface area contributed by atoms with Crippen LogP contribution in [0.25, 0.3) is 0 Å². The van der Waals surface area contributed by atoms with E-state index in [1.54, 1.807) is 12.1 Å². The largest absolute Gasteiger partial charge is 0.744 e. The molecule has 0 fully saturated rings. The second-order valence-corrected chi connectivity index (χ2v) is 8.98. The summed E-state index contributed by atoms with van der Waals surface area (Å²) < 4.78 is 33.5. The minimum atomic E-state index is -4.27. The molecule has 2 rings (SSSR count). The van der Waals surface area contributed by atoms with Gasteiger partial charge in [0.25, 0.3) is 0 Å². The van der Waals surface area contributed by atoms with Crippen molar-refractivity contribution in [2.24, 2.45) is 0 Å². The standard InChI is InChI=1S/C13H21INO.C7H8O3S/c1-3-15(4-2,9-10-16)11-12-7-5-6-8-13(12)14;1-6-2-4-7(5-3-6)11(8,9)10/h5-8,16H,3-4,9-11H2,1-2H3;2-5H,1H3,(H,8,9,10)/q+1;/p-1. The summed E-state index contributed by atoms with van der Waals surface area (Å²) >= 11 is 2.39. The second kappa shape index (κ2) is 11.1. The van der Waals surface area contributed by atoms with Gasteiger partial charge in [-0.2, -0.15) is 0 Å². The van der Waals surface area contributed by atoms with Crippen LogP contribution in [0.3, 0.4) is 0 Å². The van der Waals surface area contributed by atoms with Crippen LogP contribution in [0.2, 0.25) is 0 Å². The Balaban J connectivity index is 0.000000289. The Morgan fingerprint density at radius 3 is 2.04 bits per heavy atom. The third-order valence-electron chi connectivity index (χ3n) is 4.69. The summed E-state index contributed by atoms with van der Waals surface area (Å²) in [6.45, 7) is 10.5. The van der Waals surface area contributed by atoms with E-state index in [1.165, 1.54) is 21.3 Å². The Morgan fingerprint density at radius 1 is 1.04 bits per heavy atom. The van der Waals surface area contributed by atoms with Gasteiger partial charge in [-0.25, -0.2) is 8.42 Å². The van der Waals surface area contributed by atoms with Crippen LogP contribution in [0.4, 0.5) is 0 Å². The predicted octanol–water partition coefficient (Wildman–Crippen LogP) is 3.54. The molecule has 0 atom stereocenters. The van der Waals surface area contributed by atoms with Gasteiger partial charge in [-0.1, -0.05) is 35.9 Å². The first-order chi connectivity index (χ1) is 12.7. The van der Waals surface area contributed by atoms with E-state index in [9.17, 15) is 18.1 Å². The highest BCUT2D eigenvalue weighted by Crippen LogP contribution is 2.19. The maximum atomic E-state index is 10.4. The van der Waals surface area contributed by atoms with Gasteiger partial charge in [0.15, 0.2) is 0 Å². The smallest absolute Gasteiger partial charge is 0.124 e. The number of hydrogen-bond acceptors (Lipinski definition) is 4. The van der Waals surface area contributed by atoms with Gasteiger partial charge >= 0.3 is 0 Å². The maximum absolute atomic E-state index is 10.4. The summed E-state index contributed by atoms with van der Waals surface area (Å²) in [5.74, 6) is 0. The quantitative estimate of drug-likeness (QED) is 0.355. The average Bonchev–Trinajstić information content (AvgIpc) is 2.63. The lowest BCUT2D eigenvalue weighted by atomic mass is 10.1. The summed E-state index contributed by atoms with van der Waals surface area (Å²) in [6, 6.07) is 14.3. The van der Waals surface area contributed by atoms with E-state index in [1.807, 2.05) is 6.92 Å². The first kappa shape index (κ1) is 24.0. The fourth-order valence-corrected chi connectivity index (χ4v) is 3.77. The van der Waals surface area contributed by atoms with Crippen molar-refractivity contribution >= 4 is 32.7 Å². The average molecular weight is 505 g/mol. The minimum absolute atomic E-state index is 0.178. The van der Waals surface area contributed by atoms with Gasteiger partial charge < -0.3 is 14.1 Å². The van der Waals surface area contributed by atoms with Crippen LogP contribution in [0.15, 0.2) is 53.4 Å². The zero-order chi connectivity index (χ0) is 20.5. The SMILES string of the molecule is CC[N+](CC)(CCO)Cc1ccccc1I.Cc1ccc(S(=O)(=O)[O-])cc1. The lowest BCUT2D eigenvalue weighted by molar-refractivity contribution is -0.938. The zero-order valence-electron chi connectivity index (χ0n) is 16.1. The number of nitrogens with zero attached hydrogens (tertiary/aromatic N) is 1. The van der Waals surface area contributed by atoms with Crippen molar-refractivity contribution in [1.29, 1.82) is 0 Å². The highest BCUT2D eigenvalue weighted by Gasteiger charge is 2.23. The fraction of sp³-hybridized carbons (Fsp3) is 0.400. The number of aliphatic hydroxyl groups is 1. The van der Waals surface area contributed by atoms with Crippen molar-refractivity contribution in [3.63, 3.8) is 0 Å². The molecule has 0 bridgehead atoms. The molecule has 150 valence electrons. The molecule has 1 N–H and O–H groups in total. The van der Waals surface area contributed by atoms with Gasteiger partial charge in [-0.15, -0.1) is 0 Å². The molecular formula is C20H28INO4S. The summed E-state index contributed by atoms with van der Waals surface area (Å²) in [5.41, 5.74) is 2.32. The molecule has 7 heteroatoms. The fourth-order valence-electron chi connectivity index (χ4n) is 2.75. The van der Waals surface area contributed by atoms with Crippen molar-refractivity contribution in [1.82, 2.24) is 0 Å². The third-order valence-corrected chi connectivity index (χ3v) is 6.59. The Bertz CT molecular complexity index is 803. The number of benzene rings is 2. The third kappa shape index (κ3) is 7.87. The molecule has 0 radical (unpaired) electrons. The van der Waals surface area contributed by atoms with Crippen molar-refractivity contribution in [2.75, 3.05) is 26.2 Å². The monoisotopic (exact) mass is 505 g/mol. The molecular weight excluding hydrogens is 477 g/mol. The van der Waals surface area contributed by atoms with E-state index >= 15 is 0 Å². The molecule has 0 unspecified atom stereocenters. The number of aryl methyl sites for hydroxylation is 1. The van der Waals surface area contributed by atoms with Crippen LogP contribution in [0.5, 0.6) is 0 Å². The van der Waals surface area contributed by atoms with Gasteiger partial charge in [0, 0.05) is 9.13 Å². The lowest BCUT2D eigenvalue weighted by Gasteiger charge is -2.36. The van der Waals surface area contributed by atoms with E-state index in [2.05, 4.69) is 60.7 Å². The van der Waals surface area contributed by atoms with Gasteiger partial charge in [0.2, 0.25) is 0 Å². The van der Waals surface area contributed by atoms with Crippen LogP contribution in [0.1, 0.15) is 25.0 Å². The van der Waals surface area contributed by atoms with Crippen molar-refractivity contribution in [2.45, 2.75) is 32.2 Å². The topological polar surface area (TPSA) is 77.4 Å². The van der Waals surface area contributed by atoms with Crippen molar-refractivity contribution < 1.29 is 22.6 Å². The number of likely N-dealkylation sites (N-methyl/N-ethyl adjacent to an activating group) is 1. The molecule has 0 spiro atoms. The molecule has 0 saturated heterocycles. The van der Waals surface area contributed by atoms with E-state index in [-0.39, 0.29) is 11.5 Å². The number of hydrogen-bond donors (Lipinski definition) is 1. The predicted molar refractivity (Wildman–Crippen MR) is 115 cm³/mol. The number of aliphatic hydroxyl groups excluding tert-OH is 1. The van der Waals surface area contributed by atoms with Crippen LogP contribution < -0.4 is 0 Å². The summed E-state index contributed by atoms with van der Waals surface area (Å²) in [5, 5.41) is 9.19. The van der Waals surface area contributed by atoms with Crippen molar-refractivity contribution in [3.05, 3.63) is 63.2 Å². The lowest BCUT2D eigenvalue weighted by Crippen LogP contribution is -2.48. The molecule has 0 heterocycles. The van der Waals surface area contributed by atoms with Crippen LogP contribution in [-0.4, -0.2) is 48.8 Å². The van der Waals surface area contributed by atoms with Gasteiger partial charge in [-0.3, -0.25) is 0 Å². The summed E-state index contributed by atoms with van der Waals surface area (Å²) in [6.07, 6.45) is 0. The van der Waals surface area contributed by atoms with Crippen LogP contribution in [0, 0.1) is 10.5 Å². The van der Waals surface area contributed by atoms with E-state index in [0.717, 1.165) is 36.2 Å². The molecule has 0 aliphatic carbocycles. The van der Waals surface area contributed by atoms with E-state index in [0.29, 0.717) is 0 Å². The maximum Gasteiger partial charge on any atom is 0.124 e. The number of rotatable bonds is 7. The van der Waals surface area contributed by atoms with Crippen LogP contribution in [-0.2, 0) is 16.7 Å². The molecule has 2 aromatic rings.